The third kappa shape index (κ3) is 4.04. The standard InChI is InChI=1S/C21H22ClNS/c22-17-7-12-21(23-14-17)20(13-15-3-1-2-4-15)16-5-8-18(9-6-16)24-19-10-11-19/h5-9,12-15,19H,1-4,10-11H2/b20-13+. The predicted octanol–water partition coefficient (Wildman–Crippen LogP) is 6.61. The summed E-state index contributed by atoms with van der Waals surface area (Å²) in [4.78, 5) is 5.95. The second-order valence-corrected chi connectivity index (χ2v) is 8.64. The summed E-state index contributed by atoms with van der Waals surface area (Å²) in [7, 11) is 0. The van der Waals surface area contributed by atoms with Crippen LogP contribution >= 0.6 is 23.4 Å². The number of halogens is 1. The number of allylic oxidation sites excluding steroid dienone is 1. The van der Waals surface area contributed by atoms with Crippen LogP contribution in [0.25, 0.3) is 5.57 Å². The minimum absolute atomic E-state index is 0.679. The third-order valence-electron chi connectivity index (χ3n) is 4.80. The van der Waals surface area contributed by atoms with Gasteiger partial charge in [0.05, 0.1) is 10.7 Å². The van der Waals surface area contributed by atoms with Crippen LogP contribution in [-0.2, 0) is 0 Å². The molecule has 2 aliphatic rings. The summed E-state index contributed by atoms with van der Waals surface area (Å²) in [6, 6.07) is 13.0. The van der Waals surface area contributed by atoms with Crippen LogP contribution in [0.3, 0.4) is 0 Å². The smallest absolute Gasteiger partial charge is 0.0706 e. The van der Waals surface area contributed by atoms with E-state index in [9.17, 15) is 0 Å². The summed E-state index contributed by atoms with van der Waals surface area (Å²) >= 11 is 8.03. The van der Waals surface area contributed by atoms with E-state index < -0.39 is 0 Å². The number of pyridine rings is 1. The molecule has 0 saturated heterocycles. The van der Waals surface area contributed by atoms with Crippen molar-refractivity contribution in [1.82, 2.24) is 4.98 Å². The molecule has 2 aromatic rings. The van der Waals surface area contributed by atoms with E-state index in [-0.39, 0.29) is 0 Å². The van der Waals surface area contributed by atoms with Gasteiger partial charge in [-0.2, -0.15) is 0 Å². The van der Waals surface area contributed by atoms with Crippen molar-refractivity contribution in [3.63, 3.8) is 0 Å². The van der Waals surface area contributed by atoms with Crippen molar-refractivity contribution >= 4 is 28.9 Å². The molecule has 0 radical (unpaired) electrons. The summed E-state index contributed by atoms with van der Waals surface area (Å²) < 4.78 is 0. The summed E-state index contributed by atoms with van der Waals surface area (Å²) in [5, 5.41) is 1.54. The van der Waals surface area contributed by atoms with E-state index in [1.165, 1.54) is 54.6 Å². The molecule has 0 amide bonds. The summed E-state index contributed by atoms with van der Waals surface area (Å²) in [6.07, 6.45) is 12.2. The first kappa shape index (κ1) is 16.2. The van der Waals surface area contributed by atoms with E-state index in [0.29, 0.717) is 10.9 Å². The largest absolute Gasteiger partial charge is 0.255 e. The van der Waals surface area contributed by atoms with Crippen molar-refractivity contribution in [3.8, 4) is 0 Å². The number of hydrogen-bond donors (Lipinski definition) is 0. The Morgan fingerprint density at radius 1 is 1.00 bits per heavy atom. The third-order valence-corrected chi connectivity index (χ3v) is 6.37. The zero-order valence-corrected chi connectivity index (χ0v) is 15.3. The first-order valence-corrected chi connectivity index (χ1v) is 10.1. The molecule has 2 aliphatic carbocycles. The Hall–Kier alpha value is -1.25. The molecule has 0 N–H and O–H groups in total. The molecule has 0 unspecified atom stereocenters. The fraction of sp³-hybridized carbons (Fsp3) is 0.381. The average Bonchev–Trinajstić information content (AvgIpc) is 3.27. The molecule has 24 heavy (non-hydrogen) atoms. The highest BCUT2D eigenvalue weighted by Gasteiger charge is 2.22. The number of hydrogen-bond acceptors (Lipinski definition) is 2. The molecule has 0 aliphatic heterocycles. The van der Waals surface area contributed by atoms with Gasteiger partial charge in [-0.15, -0.1) is 11.8 Å². The van der Waals surface area contributed by atoms with E-state index >= 15 is 0 Å². The van der Waals surface area contributed by atoms with Crippen molar-refractivity contribution in [1.29, 1.82) is 0 Å². The van der Waals surface area contributed by atoms with Gasteiger partial charge in [0.2, 0.25) is 0 Å². The van der Waals surface area contributed by atoms with Gasteiger partial charge in [-0.3, -0.25) is 4.98 Å². The lowest BCUT2D eigenvalue weighted by Gasteiger charge is -2.12. The molecule has 0 bridgehead atoms. The fourth-order valence-corrected chi connectivity index (χ4v) is 4.48. The SMILES string of the molecule is Clc1ccc(/C(=C/C2CCCC2)c2ccc(SC3CC3)cc2)nc1. The van der Waals surface area contributed by atoms with Crippen LogP contribution in [-0.4, -0.2) is 10.2 Å². The minimum Gasteiger partial charge on any atom is -0.255 e. The van der Waals surface area contributed by atoms with Crippen LogP contribution in [0.4, 0.5) is 0 Å². The minimum atomic E-state index is 0.679. The molecule has 124 valence electrons. The molecule has 1 nitrogen and oxygen atoms in total. The van der Waals surface area contributed by atoms with Crippen molar-refractivity contribution in [3.05, 3.63) is 65.0 Å². The van der Waals surface area contributed by atoms with Gasteiger partial charge in [0.15, 0.2) is 0 Å². The Kier molecular flexibility index (Phi) is 4.96. The van der Waals surface area contributed by atoms with Gasteiger partial charge in [0.25, 0.3) is 0 Å². The first-order chi connectivity index (χ1) is 11.8. The maximum absolute atomic E-state index is 6.02. The number of aromatic nitrogens is 1. The lowest BCUT2D eigenvalue weighted by Crippen LogP contribution is -1.96. The Morgan fingerprint density at radius 3 is 2.38 bits per heavy atom. The van der Waals surface area contributed by atoms with Gasteiger partial charge in [-0.1, -0.05) is 42.7 Å². The first-order valence-electron chi connectivity index (χ1n) is 8.89. The van der Waals surface area contributed by atoms with Crippen molar-refractivity contribution in [2.45, 2.75) is 48.7 Å². The van der Waals surface area contributed by atoms with Gasteiger partial charge in [-0.25, -0.2) is 0 Å². The van der Waals surface area contributed by atoms with E-state index in [1.54, 1.807) is 6.20 Å². The Balaban J connectivity index is 1.64. The molecule has 1 heterocycles. The molecule has 1 aromatic carbocycles. The predicted molar refractivity (Wildman–Crippen MR) is 104 cm³/mol. The normalized spacial score (nSPS) is 19.0. The number of thioether (sulfide) groups is 1. The van der Waals surface area contributed by atoms with Crippen molar-refractivity contribution < 1.29 is 0 Å². The summed E-state index contributed by atoms with van der Waals surface area (Å²) in [5.41, 5.74) is 3.53. The Labute approximate surface area is 153 Å². The van der Waals surface area contributed by atoms with Gasteiger partial charge in [-0.05, 0) is 61.4 Å². The zero-order chi connectivity index (χ0) is 16.4. The molecule has 4 rings (SSSR count). The van der Waals surface area contributed by atoms with Crippen LogP contribution in [0, 0.1) is 5.92 Å². The van der Waals surface area contributed by atoms with E-state index in [2.05, 4.69) is 35.3 Å². The second kappa shape index (κ2) is 7.33. The van der Waals surface area contributed by atoms with Crippen LogP contribution in [0.15, 0.2) is 53.6 Å². The molecule has 2 fully saturated rings. The van der Waals surface area contributed by atoms with Crippen molar-refractivity contribution in [2.75, 3.05) is 0 Å². The second-order valence-electron chi connectivity index (χ2n) is 6.83. The quantitative estimate of drug-likeness (QED) is 0.598. The molecule has 0 spiro atoms. The summed E-state index contributed by atoms with van der Waals surface area (Å²) in [6.45, 7) is 0. The topological polar surface area (TPSA) is 12.9 Å². The van der Waals surface area contributed by atoms with Crippen LogP contribution in [0.5, 0.6) is 0 Å². The number of nitrogens with zero attached hydrogens (tertiary/aromatic N) is 1. The highest BCUT2D eigenvalue weighted by atomic mass is 35.5. The lowest BCUT2D eigenvalue weighted by molar-refractivity contribution is 0.687. The van der Waals surface area contributed by atoms with Gasteiger partial charge in [0.1, 0.15) is 0 Å². The molecule has 2 saturated carbocycles. The fourth-order valence-electron chi connectivity index (χ4n) is 3.32. The van der Waals surface area contributed by atoms with Crippen LogP contribution < -0.4 is 0 Å². The van der Waals surface area contributed by atoms with Crippen LogP contribution in [0.1, 0.15) is 49.8 Å². The van der Waals surface area contributed by atoms with Crippen molar-refractivity contribution in [2.24, 2.45) is 5.92 Å². The van der Waals surface area contributed by atoms with Gasteiger partial charge >= 0.3 is 0 Å². The summed E-state index contributed by atoms with van der Waals surface area (Å²) in [5.74, 6) is 0.679. The molecule has 3 heteroatoms. The van der Waals surface area contributed by atoms with E-state index in [0.717, 1.165) is 10.9 Å². The monoisotopic (exact) mass is 355 g/mol. The van der Waals surface area contributed by atoms with Gasteiger partial charge < -0.3 is 0 Å². The van der Waals surface area contributed by atoms with Gasteiger partial charge in [0, 0.05) is 21.9 Å². The molecule has 1 aromatic heterocycles. The van der Waals surface area contributed by atoms with E-state index in [4.69, 9.17) is 11.6 Å². The Bertz CT molecular complexity index is 711. The maximum atomic E-state index is 6.02. The zero-order valence-electron chi connectivity index (χ0n) is 13.7. The molecule has 0 atom stereocenters. The highest BCUT2D eigenvalue weighted by Crippen LogP contribution is 2.39. The average molecular weight is 356 g/mol. The lowest BCUT2D eigenvalue weighted by atomic mass is 9.96. The van der Waals surface area contributed by atoms with Crippen LogP contribution in [0.2, 0.25) is 5.02 Å². The number of benzene rings is 1. The molecular weight excluding hydrogens is 334 g/mol. The molecular formula is C21H22ClNS. The number of rotatable bonds is 5. The van der Waals surface area contributed by atoms with E-state index in [1.807, 2.05) is 23.9 Å². The maximum Gasteiger partial charge on any atom is 0.0706 e. The highest BCUT2D eigenvalue weighted by molar-refractivity contribution is 8.00. The Morgan fingerprint density at radius 2 is 1.75 bits per heavy atom.